The van der Waals surface area contributed by atoms with Crippen LogP contribution in [0.15, 0.2) is 89.3 Å². The van der Waals surface area contributed by atoms with Gasteiger partial charge in [0.25, 0.3) is 11.8 Å². The zero-order chi connectivity index (χ0) is 24.1. The van der Waals surface area contributed by atoms with Crippen LogP contribution in [0.4, 0.5) is 11.4 Å². The normalized spacial score (nSPS) is 10.4. The van der Waals surface area contributed by atoms with Gasteiger partial charge in [0.1, 0.15) is 5.76 Å². The van der Waals surface area contributed by atoms with Crippen molar-refractivity contribution in [2.75, 3.05) is 10.6 Å². The van der Waals surface area contributed by atoms with Crippen LogP contribution in [0.1, 0.15) is 26.5 Å². The van der Waals surface area contributed by atoms with Crippen molar-refractivity contribution in [1.82, 2.24) is 5.32 Å². The number of amides is 2. The molecule has 1 aromatic heterocycles. The van der Waals surface area contributed by atoms with Crippen LogP contribution >= 0.6 is 23.8 Å². The third kappa shape index (κ3) is 5.70. The van der Waals surface area contributed by atoms with E-state index in [-0.39, 0.29) is 16.8 Å². The van der Waals surface area contributed by atoms with Crippen molar-refractivity contribution < 1.29 is 14.0 Å². The van der Waals surface area contributed by atoms with E-state index in [2.05, 4.69) is 16.0 Å². The summed E-state index contributed by atoms with van der Waals surface area (Å²) in [5.74, 6) is -0.0414. The van der Waals surface area contributed by atoms with Crippen LogP contribution in [0.3, 0.4) is 0 Å². The molecule has 6 nitrogen and oxygen atoms in total. The van der Waals surface area contributed by atoms with Gasteiger partial charge in [0.15, 0.2) is 10.9 Å². The Labute approximate surface area is 206 Å². The number of furan rings is 1. The molecule has 3 N–H and O–H groups in total. The van der Waals surface area contributed by atoms with E-state index in [1.807, 2.05) is 19.1 Å². The summed E-state index contributed by atoms with van der Waals surface area (Å²) in [6.45, 7) is 1.89. The van der Waals surface area contributed by atoms with Gasteiger partial charge < -0.3 is 15.1 Å². The van der Waals surface area contributed by atoms with Gasteiger partial charge in [0.2, 0.25) is 0 Å². The minimum atomic E-state index is -0.484. The highest BCUT2D eigenvalue weighted by Crippen LogP contribution is 2.24. The molecule has 4 rings (SSSR count). The minimum absolute atomic E-state index is 0.0960. The molecule has 170 valence electrons. The highest BCUT2D eigenvalue weighted by Gasteiger charge is 2.14. The van der Waals surface area contributed by atoms with Gasteiger partial charge >= 0.3 is 0 Å². The lowest BCUT2D eigenvalue weighted by molar-refractivity contribution is 0.0950. The first-order chi connectivity index (χ1) is 16.4. The number of halogens is 1. The molecule has 0 aliphatic heterocycles. The molecule has 8 heteroatoms. The van der Waals surface area contributed by atoms with Gasteiger partial charge in [-0.3, -0.25) is 14.9 Å². The highest BCUT2D eigenvalue weighted by molar-refractivity contribution is 7.80. The summed E-state index contributed by atoms with van der Waals surface area (Å²) in [4.78, 5) is 25.0. The third-order valence-electron chi connectivity index (χ3n) is 4.97. The molecule has 0 aliphatic rings. The summed E-state index contributed by atoms with van der Waals surface area (Å²) in [5, 5.41) is 9.16. The maximum Gasteiger partial charge on any atom is 0.293 e. The fourth-order valence-corrected chi connectivity index (χ4v) is 3.51. The SMILES string of the molecule is Cc1ccc(NC(=S)NC(=O)c2ccc(-c3ccc(Cl)cc3)o2)cc1NC(=O)c1ccccc1. The molecule has 0 bridgehead atoms. The first-order valence-electron chi connectivity index (χ1n) is 10.3. The van der Waals surface area contributed by atoms with Crippen molar-refractivity contribution >= 4 is 52.1 Å². The van der Waals surface area contributed by atoms with Crippen LogP contribution in [0, 0.1) is 6.92 Å². The summed E-state index contributed by atoms with van der Waals surface area (Å²) >= 11 is 11.2. The van der Waals surface area contributed by atoms with E-state index in [0.29, 0.717) is 27.7 Å². The Morgan fingerprint density at radius 2 is 1.59 bits per heavy atom. The van der Waals surface area contributed by atoms with Gasteiger partial charge in [-0.1, -0.05) is 35.9 Å². The lowest BCUT2D eigenvalue weighted by Crippen LogP contribution is -2.33. The molecule has 1 heterocycles. The molecule has 0 atom stereocenters. The standard InChI is InChI=1S/C26H20ClN3O3S/c1-16-7-12-20(15-21(16)29-24(31)18-5-3-2-4-6-18)28-26(34)30-25(32)23-14-13-22(33-23)17-8-10-19(27)11-9-17/h2-15H,1H3,(H,29,31)(H2,28,30,32,34). The summed E-state index contributed by atoms with van der Waals surface area (Å²) < 4.78 is 5.65. The predicted octanol–water partition coefficient (Wildman–Crippen LogP) is 6.29. The second-order valence-corrected chi connectivity index (χ2v) is 8.27. The fraction of sp³-hybridized carbons (Fsp3) is 0.0385. The molecule has 0 radical (unpaired) electrons. The van der Waals surface area contributed by atoms with Crippen LogP contribution in [0.2, 0.25) is 5.02 Å². The number of anilines is 2. The molecule has 0 saturated carbocycles. The van der Waals surface area contributed by atoms with E-state index < -0.39 is 5.91 Å². The Morgan fingerprint density at radius 3 is 2.32 bits per heavy atom. The van der Waals surface area contributed by atoms with Crippen molar-refractivity contribution in [3.8, 4) is 11.3 Å². The summed E-state index contributed by atoms with van der Waals surface area (Å²) in [5.41, 5.74) is 3.48. The summed E-state index contributed by atoms with van der Waals surface area (Å²) in [7, 11) is 0. The van der Waals surface area contributed by atoms with E-state index in [9.17, 15) is 9.59 Å². The van der Waals surface area contributed by atoms with E-state index in [4.69, 9.17) is 28.2 Å². The molecule has 0 aliphatic carbocycles. The quantitative estimate of drug-likeness (QED) is 0.287. The van der Waals surface area contributed by atoms with E-state index in [0.717, 1.165) is 11.1 Å². The molecular weight excluding hydrogens is 470 g/mol. The van der Waals surface area contributed by atoms with Crippen LogP contribution in [-0.4, -0.2) is 16.9 Å². The number of rotatable bonds is 5. The lowest BCUT2D eigenvalue weighted by Gasteiger charge is -2.13. The topological polar surface area (TPSA) is 83.4 Å². The van der Waals surface area contributed by atoms with Crippen molar-refractivity contribution in [2.45, 2.75) is 6.92 Å². The van der Waals surface area contributed by atoms with Gasteiger partial charge in [-0.05, 0) is 85.4 Å². The minimum Gasteiger partial charge on any atom is -0.451 e. The molecule has 34 heavy (non-hydrogen) atoms. The Hall–Kier alpha value is -3.94. The van der Waals surface area contributed by atoms with E-state index >= 15 is 0 Å². The molecule has 3 aromatic carbocycles. The average molecular weight is 490 g/mol. The van der Waals surface area contributed by atoms with Crippen molar-refractivity contribution in [3.05, 3.63) is 107 Å². The highest BCUT2D eigenvalue weighted by atomic mass is 35.5. The molecule has 2 amide bonds. The van der Waals surface area contributed by atoms with Crippen molar-refractivity contribution in [3.63, 3.8) is 0 Å². The number of hydrogen-bond donors (Lipinski definition) is 3. The lowest BCUT2D eigenvalue weighted by atomic mass is 10.1. The predicted molar refractivity (Wildman–Crippen MR) is 138 cm³/mol. The van der Waals surface area contributed by atoms with Gasteiger partial charge in [-0.2, -0.15) is 0 Å². The zero-order valence-electron chi connectivity index (χ0n) is 18.1. The Balaban J connectivity index is 1.39. The second-order valence-electron chi connectivity index (χ2n) is 7.43. The average Bonchev–Trinajstić information content (AvgIpc) is 3.33. The number of carbonyl (C=O) groups excluding carboxylic acids is 2. The van der Waals surface area contributed by atoms with Gasteiger partial charge in [-0.25, -0.2) is 0 Å². The molecular formula is C26H20ClN3O3S. The molecule has 0 spiro atoms. The number of carbonyl (C=O) groups is 2. The Kier molecular flexibility index (Phi) is 7.06. The monoisotopic (exact) mass is 489 g/mol. The van der Waals surface area contributed by atoms with Crippen LogP contribution in [0.25, 0.3) is 11.3 Å². The van der Waals surface area contributed by atoms with Crippen LogP contribution in [0.5, 0.6) is 0 Å². The number of thiocarbonyl (C=S) groups is 1. The van der Waals surface area contributed by atoms with Crippen molar-refractivity contribution in [1.29, 1.82) is 0 Å². The summed E-state index contributed by atoms with van der Waals surface area (Å²) in [6.07, 6.45) is 0. The zero-order valence-corrected chi connectivity index (χ0v) is 19.7. The van der Waals surface area contributed by atoms with Gasteiger partial charge in [0.05, 0.1) is 0 Å². The second kappa shape index (κ2) is 10.3. The largest absolute Gasteiger partial charge is 0.451 e. The van der Waals surface area contributed by atoms with E-state index in [1.54, 1.807) is 72.8 Å². The van der Waals surface area contributed by atoms with Crippen LogP contribution < -0.4 is 16.0 Å². The molecule has 4 aromatic rings. The maximum absolute atomic E-state index is 12.6. The fourth-order valence-electron chi connectivity index (χ4n) is 3.17. The number of hydrogen-bond acceptors (Lipinski definition) is 4. The van der Waals surface area contributed by atoms with Gasteiger partial charge in [-0.15, -0.1) is 0 Å². The number of aryl methyl sites for hydroxylation is 1. The molecule has 0 saturated heterocycles. The molecule has 0 unspecified atom stereocenters. The molecule has 0 fully saturated rings. The first kappa shape index (κ1) is 23.2. The smallest absolute Gasteiger partial charge is 0.293 e. The third-order valence-corrected chi connectivity index (χ3v) is 5.42. The Bertz CT molecular complexity index is 1350. The maximum atomic E-state index is 12.6. The number of benzene rings is 3. The number of nitrogens with one attached hydrogen (secondary N) is 3. The van der Waals surface area contributed by atoms with Crippen LogP contribution in [-0.2, 0) is 0 Å². The van der Waals surface area contributed by atoms with E-state index in [1.165, 1.54) is 0 Å². The van der Waals surface area contributed by atoms with Gasteiger partial charge in [0, 0.05) is 27.5 Å². The van der Waals surface area contributed by atoms with Crippen molar-refractivity contribution in [2.24, 2.45) is 0 Å². The Morgan fingerprint density at radius 1 is 0.853 bits per heavy atom. The summed E-state index contributed by atoms with van der Waals surface area (Å²) in [6, 6.07) is 24.7. The first-order valence-corrected chi connectivity index (χ1v) is 11.1.